The third kappa shape index (κ3) is 3.31. The Kier molecular flexibility index (Phi) is 4.50. The number of carboxylic acids is 1. The lowest BCUT2D eigenvalue weighted by Crippen LogP contribution is -2.31. The topological polar surface area (TPSA) is 95.5 Å². The molecule has 0 radical (unpaired) electrons. The molecule has 0 aliphatic carbocycles. The fourth-order valence-corrected chi connectivity index (χ4v) is 2.97. The molecule has 1 atom stereocenters. The number of hydrogen-bond donors (Lipinski definition) is 3. The summed E-state index contributed by atoms with van der Waals surface area (Å²) in [7, 11) is 0. The maximum absolute atomic E-state index is 12.7. The van der Waals surface area contributed by atoms with Crippen LogP contribution in [-0.2, 0) is 19.8 Å². The van der Waals surface area contributed by atoms with Crippen molar-refractivity contribution >= 4 is 29.2 Å². The molecule has 0 fully saturated rings. The summed E-state index contributed by atoms with van der Waals surface area (Å²) in [6.07, 6.45) is 0.0903. The Bertz CT molecular complexity index is 872. The maximum Gasteiger partial charge on any atom is 0.313 e. The van der Waals surface area contributed by atoms with Crippen LogP contribution in [0.5, 0.6) is 0 Å². The van der Waals surface area contributed by atoms with Crippen molar-refractivity contribution in [3.63, 3.8) is 0 Å². The molecule has 3 rings (SSSR count). The number of aliphatic carboxylic acids is 1. The zero-order chi connectivity index (χ0) is 18.9. The number of benzene rings is 2. The van der Waals surface area contributed by atoms with Crippen LogP contribution in [0.2, 0.25) is 0 Å². The van der Waals surface area contributed by atoms with Crippen LogP contribution in [0.25, 0.3) is 0 Å². The molecule has 0 bridgehead atoms. The minimum atomic E-state index is -1.01. The van der Waals surface area contributed by atoms with Crippen LogP contribution in [0.1, 0.15) is 37.3 Å². The summed E-state index contributed by atoms with van der Waals surface area (Å²) in [4.78, 5) is 35.9. The van der Waals surface area contributed by atoms with Crippen molar-refractivity contribution in [2.75, 3.05) is 10.6 Å². The summed E-state index contributed by atoms with van der Waals surface area (Å²) in [5, 5.41) is 14.9. The average molecular weight is 352 g/mol. The Morgan fingerprint density at radius 3 is 2.42 bits per heavy atom. The van der Waals surface area contributed by atoms with Crippen molar-refractivity contribution in [2.24, 2.45) is 0 Å². The number of rotatable bonds is 4. The quantitative estimate of drug-likeness (QED) is 0.788. The molecule has 1 aliphatic heterocycles. The van der Waals surface area contributed by atoms with Crippen LogP contribution in [0.3, 0.4) is 0 Å². The Morgan fingerprint density at radius 1 is 1.12 bits per heavy atom. The fourth-order valence-electron chi connectivity index (χ4n) is 2.97. The van der Waals surface area contributed by atoms with Gasteiger partial charge in [0.1, 0.15) is 0 Å². The molecule has 26 heavy (non-hydrogen) atoms. The third-order valence-corrected chi connectivity index (χ3v) is 4.73. The van der Waals surface area contributed by atoms with E-state index in [-0.39, 0.29) is 18.2 Å². The maximum atomic E-state index is 12.7. The number of carbonyl (C=O) groups excluding carboxylic acids is 2. The van der Waals surface area contributed by atoms with Gasteiger partial charge in [0.25, 0.3) is 0 Å². The highest BCUT2D eigenvalue weighted by atomic mass is 16.4. The number of para-hydroxylation sites is 1. The summed E-state index contributed by atoms with van der Waals surface area (Å²) in [5.41, 5.74) is 1.63. The molecule has 134 valence electrons. The third-order valence-electron chi connectivity index (χ3n) is 4.73. The summed E-state index contributed by atoms with van der Waals surface area (Å²) in [6.45, 7) is 3.25. The van der Waals surface area contributed by atoms with E-state index in [0.717, 1.165) is 5.56 Å². The highest BCUT2D eigenvalue weighted by Gasteiger charge is 2.31. The van der Waals surface area contributed by atoms with Gasteiger partial charge in [0, 0.05) is 17.8 Å². The van der Waals surface area contributed by atoms with Gasteiger partial charge in [0.05, 0.1) is 11.3 Å². The smallest absolute Gasteiger partial charge is 0.313 e. The summed E-state index contributed by atoms with van der Waals surface area (Å²) in [6, 6.07) is 14.0. The highest BCUT2D eigenvalue weighted by Crippen LogP contribution is 2.33. The molecule has 6 nitrogen and oxygen atoms in total. The van der Waals surface area contributed by atoms with Gasteiger partial charge in [0.15, 0.2) is 0 Å². The van der Waals surface area contributed by atoms with Gasteiger partial charge < -0.3 is 15.7 Å². The van der Waals surface area contributed by atoms with E-state index in [0.29, 0.717) is 16.9 Å². The number of fused-ring (bicyclic) bond motifs is 1. The fraction of sp³-hybridized carbons (Fsp3) is 0.250. The molecule has 1 aliphatic rings. The first-order valence-electron chi connectivity index (χ1n) is 8.32. The molecule has 0 saturated carbocycles. The number of carboxylic acid groups (broad SMARTS) is 1. The number of hydrogen-bond acceptors (Lipinski definition) is 3. The van der Waals surface area contributed by atoms with Crippen LogP contribution in [0.4, 0.5) is 11.4 Å². The van der Waals surface area contributed by atoms with Gasteiger partial charge in [-0.15, -0.1) is 0 Å². The van der Waals surface area contributed by atoms with Crippen molar-refractivity contribution in [3.8, 4) is 0 Å². The molecule has 0 aromatic heterocycles. The van der Waals surface area contributed by atoms with E-state index in [1.807, 2.05) is 18.2 Å². The Balaban J connectivity index is 1.79. The number of anilines is 2. The van der Waals surface area contributed by atoms with Crippen molar-refractivity contribution in [3.05, 3.63) is 59.7 Å². The monoisotopic (exact) mass is 352 g/mol. The lowest BCUT2D eigenvalue weighted by Gasteiger charge is -2.25. The first-order chi connectivity index (χ1) is 12.3. The Morgan fingerprint density at radius 2 is 1.77 bits per heavy atom. The van der Waals surface area contributed by atoms with Gasteiger partial charge in [-0.3, -0.25) is 14.4 Å². The molecular formula is C20H20N2O4. The molecule has 3 N–H and O–H groups in total. The van der Waals surface area contributed by atoms with E-state index >= 15 is 0 Å². The van der Waals surface area contributed by atoms with E-state index in [9.17, 15) is 19.5 Å². The first-order valence-corrected chi connectivity index (χ1v) is 8.32. The zero-order valence-corrected chi connectivity index (χ0v) is 14.6. The van der Waals surface area contributed by atoms with Gasteiger partial charge in [-0.25, -0.2) is 0 Å². The van der Waals surface area contributed by atoms with E-state index in [2.05, 4.69) is 10.6 Å². The van der Waals surface area contributed by atoms with Gasteiger partial charge in [-0.1, -0.05) is 30.3 Å². The normalized spacial score (nSPS) is 16.4. The van der Waals surface area contributed by atoms with Crippen LogP contribution in [-0.4, -0.2) is 22.9 Å². The zero-order valence-electron chi connectivity index (χ0n) is 14.6. The molecule has 2 aromatic carbocycles. The van der Waals surface area contributed by atoms with E-state index < -0.39 is 17.3 Å². The van der Waals surface area contributed by atoms with Gasteiger partial charge in [-0.05, 0) is 43.2 Å². The highest BCUT2D eigenvalue weighted by molar-refractivity contribution is 6.05. The summed E-state index contributed by atoms with van der Waals surface area (Å²) in [5.74, 6) is -1.94. The second kappa shape index (κ2) is 6.63. The second-order valence-corrected chi connectivity index (χ2v) is 6.89. The van der Waals surface area contributed by atoms with Crippen LogP contribution in [0, 0.1) is 0 Å². The SMILES string of the molecule is CC(C)(C(=O)O)c1ccc(NC(=O)C2CC(=O)Nc3ccccc32)cc1. The first kappa shape index (κ1) is 17.7. The predicted molar refractivity (Wildman–Crippen MR) is 98.2 cm³/mol. The van der Waals surface area contributed by atoms with Crippen LogP contribution in [0.15, 0.2) is 48.5 Å². The molecule has 2 aromatic rings. The van der Waals surface area contributed by atoms with Crippen molar-refractivity contribution < 1.29 is 19.5 Å². The molecule has 6 heteroatoms. The minimum absolute atomic E-state index is 0.0903. The number of amides is 2. The molecule has 1 heterocycles. The Labute approximate surface area is 151 Å². The Hall–Kier alpha value is -3.15. The number of nitrogens with one attached hydrogen (secondary N) is 2. The van der Waals surface area contributed by atoms with Gasteiger partial charge in [0.2, 0.25) is 11.8 Å². The molecular weight excluding hydrogens is 332 g/mol. The molecule has 2 amide bonds. The lowest BCUT2D eigenvalue weighted by molar-refractivity contribution is -0.142. The summed E-state index contributed by atoms with van der Waals surface area (Å²) < 4.78 is 0. The molecule has 1 unspecified atom stereocenters. The average Bonchev–Trinajstić information content (AvgIpc) is 2.61. The minimum Gasteiger partial charge on any atom is -0.481 e. The standard InChI is InChI=1S/C20H20N2O4/c1-20(2,19(25)26)12-7-9-13(10-8-12)21-18(24)15-11-17(23)22-16-6-4-3-5-14(15)16/h3-10,15H,11H2,1-2H3,(H,21,24)(H,22,23)(H,25,26). The van der Waals surface area contributed by atoms with Crippen molar-refractivity contribution in [1.29, 1.82) is 0 Å². The van der Waals surface area contributed by atoms with E-state index in [1.165, 1.54) is 0 Å². The van der Waals surface area contributed by atoms with Crippen molar-refractivity contribution in [1.82, 2.24) is 0 Å². The number of carbonyl (C=O) groups is 3. The largest absolute Gasteiger partial charge is 0.481 e. The van der Waals surface area contributed by atoms with Crippen LogP contribution >= 0.6 is 0 Å². The second-order valence-electron chi connectivity index (χ2n) is 6.89. The van der Waals surface area contributed by atoms with Gasteiger partial charge in [-0.2, -0.15) is 0 Å². The summed E-state index contributed by atoms with van der Waals surface area (Å²) >= 11 is 0. The van der Waals surface area contributed by atoms with Crippen LogP contribution < -0.4 is 10.6 Å². The van der Waals surface area contributed by atoms with Gasteiger partial charge >= 0.3 is 5.97 Å². The molecule has 0 spiro atoms. The molecule has 0 saturated heterocycles. The van der Waals surface area contributed by atoms with E-state index in [4.69, 9.17) is 0 Å². The van der Waals surface area contributed by atoms with E-state index in [1.54, 1.807) is 44.2 Å². The lowest BCUT2D eigenvalue weighted by atomic mass is 9.85. The predicted octanol–water partition coefficient (Wildman–Crippen LogP) is 3.11. The van der Waals surface area contributed by atoms with Crippen molar-refractivity contribution in [2.45, 2.75) is 31.6 Å².